The first-order valence-electron chi connectivity index (χ1n) is 10.1. The lowest BCUT2D eigenvalue weighted by Gasteiger charge is -2.38. The van der Waals surface area contributed by atoms with Crippen LogP contribution in [0.5, 0.6) is 0 Å². The molecule has 0 aromatic heterocycles. The van der Waals surface area contributed by atoms with E-state index >= 15 is 0 Å². The number of allylic oxidation sites excluding steroid dienone is 1. The molecule has 4 unspecified atom stereocenters. The molecule has 24 heavy (non-hydrogen) atoms. The molecule has 0 radical (unpaired) electrons. The average Bonchev–Trinajstić information content (AvgIpc) is 2.85. The van der Waals surface area contributed by atoms with Crippen molar-refractivity contribution in [3.8, 4) is 11.8 Å². The van der Waals surface area contributed by atoms with Gasteiger partial charge in [0.05, 0.1) is 0 Å². The van der Waals surface area contributed by atoms with Crippen LogP contribution in [0, 0.1) is 35.5 Å². The summed E-state index contributed by atoms with van der Waals surface area (Å²) in [5.41, 5.74) is 0.405. The molecule has 1 saturated carbocycles. The van der Waals surface area contributed by atoms with Crippen LogP contribution >= 0.6 is 0 Å². The van der Waals surface area contributed by atoms with E-state index in [2.05, 4.69) is 58.4 Å². The fraction of sp³-hybridized carbons (Fsp3) is 0.826. The Balaban J connectivity index is 0.00000163. The highest BCUT2D eigenvalue weighted by Gasteiger charge is 2.45. The van der Waals surface area contributed by atoms with Crippen LogP contribution in [-0.4, -0.2) is 12.1 Å². The first-order valence-corrected chi connectivity index (χ1v) is 10.1. The second-order valence-electron chi connectivity index (χ2n) is 8.03. The second kappa shape index (κ2) is 12.6. The first-order chi connectivity index (χ1) is 11.4. The lowest BCUT2D eigenvalue weighted by atomic mass is 9.77. The van der Waals surface area contributed by atoms with Gasteiger partial charge in [-0.15, -0.1) is 18.4 Å². The van der Waals surface area contributed by atoms with Crippen molar-refractivity contribution in [2.24, 2.45) is 23.7 Å². The van der Waals surface area contributed by atoms with E-state index in [1.54, 1.807) is 6.08 Å². The van der Waals surface area contributed by atoms with Crippen molar-refractivity contribution in [2.75, 3.05) is 6.54 Å². The topological polar surface area (TPSA) is 12.0 Å². The lowest BCUT2D eigenvalue weighted by Crippen LogP contribution is -2.49. The molecule has 1 heteroatoms. The highest BCUT2D eigenvalue weighted by Crippen LogP contribution is 2.45. The van der Waals surface area contributed by atoms with Crippen molar-refractivity contribution in [3.05, 3.63) is 12.7 Å². The summed E-state index contributed by atoms with van der Waals surface area (Å²) in [4.78, 5) is 0. The molecule has 0 saturated heterocycles. The van der Waals surface area contributed by atoms with Gasteiger partial charge in [-0.2, -0.15) is 0 Å². The third-order valence-electron chi connectivity index (χ3n) is 5.45. The molecule has 1 aliphatic rings. The number of rotatable bonds is 8. The summed E-state index contributed by atoms with van der Waals surface area (Å²) >= 11 is 0. The van der Waals surface area contributed by atoms with E-state index in [0.29, 0.717) is 11.5 Å². The zero-order chi connectivity index (χ0) is 18.6. The van der Waals surface area contributed by atoms with Crippen LogP contribution in [0.1, 0.15) is 87.0 Å². The Morgan fingerprint density at radius 1 is 1.29 bits per heavy atom. The Hall–Kier alpha value is -0.740. The molecule has 0 spiro atoms. The normalized spacial score (nSPS) is 27.0. The fourth-order valence-corrected chi connectivity index (χ4v) is 4.39. The van der Waals surface area contributed by atoms with Crippen LogP contribution in [0.15, 0.2) is 12.7 Å². The van der Waals surface area contributed by atoms with Crippen LogP contribution in [0.2, 0.25) is 0 Å². The minimum atomic E-state index is 0.405. The van der Waals surface area contributed by atoms with Gasteiger partial charge in [-0.1, -0.05) is 47.1 Å². The zero-order valence-corrected chi connectivity index (χ0v) is 17.5. The lowest BCUT2D eigenvalue weighted by molar-refractivity contribution is 0.185. The molecule has 0 bridgehead atoms. The summed E-state index contributed by atoms with van der Waals surface area (Å²) in [6.45, 7) is 20.2. The van der Waals surface area contributed by atoms with Crippen molar-refractivity contribution in [2.45, 2.75) is 92.5 Å². The Kier molecular flexibility index (Phi) is 12.2. The van der Waals surface area contributed by atoms with Crippen molar-refractivity contribution in [3.63, 3.8) is 0 Å². The van der Waals surface area contributed by atoms with Gasteiger partial charge >= 0.3 is 0 Å². The molecule has 0 aromatic carbocycles. The van der Waals surface area contributed by atoms with Gasteiger partial charge in [0.25, 0.3) is 0 Å². The Morgan fingerprint density at radius 3 is 2.42 bits per heavy atom. The van der Waals surface area contributed by atoms with Gasteiger partial charge < -0.3 is 5.32 Å². The molecule has 1 N–H and O–H groups in total. The minimum Gasteiger partial charge on any atom is -0.311 e. The fourth-order valence-electron chi connectivity index (χ4n) is 4.39. The van der Waals surface area contributed by atoms with E-state index in [9.17, 15) is 0 Å². The Morgan fingerprint density at radius 2 is 1.92 bits per heavy atom. The van der Waals surface area contributed by atoms with Gasteiger partial charge in [-0.05, 0) is 70.3 Å². The van der Waals surface area contributed by atoms with E-state index < -0.39 is 0 Å². The standard InChI is InChI=1S/C20H37N.C3H6/c1-7-11-17(5)12-9-10-13-21-20(8-2)15-18(6)14-19(20)16(3)4;1-3-2/h16-19,21H,8-10,12-15H2,1-6H3;3H,1H2,2H3. The number of hydrogen-bond donors (Lipinski definition) is 1. The smallest absolute Gasteiger partial charge is 0.0212 e. The molecular weight excluding hydrogens is 290 g/mol. The van der Waals surface area contributed by atoms with Gasteiger partial charge in [0, 0.05) is 11.5 Å². The molecule has 1 rings (SSSR count). The minimum absolute atomic E-state index is 0.405. The largest absolute Gasteiger partial charge is 0.311 e. The molecule has 1 aliphatic carbocycles. The number of unbranched alkanes of at least 4 members (excludes halogenated alkanes) is 1. The SMILES string of the molecule is C=CC.CC#CC(C)CCCCNC1(CC)CC(C)CC1C(C)C. The first kappa shape index (κ1) is 23.3. The third kappa shape index (κ3) is 7.89. The zero-order valence-electron chi connectivity index (χ0n) is 17.5. The molecule has 0 aliphatic heterocycles. The summed E-state index contributed by atoms with van der Waals surface area (Å²) in [6.07, 6.45) is 9.62. The number of nitrogens with one attached hydrogen (secondary N) is 1. The van der Waals surface area contributed by atoms with Crippen molar-refractivity contribution >= 4 is 0 Å². The van der Waals surface area contributed by atoms with E-state index in [-0.39, 0.29) is 0 Å². The van der Waals surface area contributed by atoms with Crippen LogP contribution < -0.4 is 5.32 Å². The molecule has 0 amide bonds. The van der Waals surface area contributed by atoms with Crippen molar-refractivity contribution in [1.29, 1.82) is 0 Å². The van der Waals surface area contributed by atoms with E-state index in [1.165, 1.54) is 45.1 Å². The summed E-state index contributed by atoms with van der Waals surface area (Å²) in [7, 11) is 0. The van der Waals surface area contributed by atoms with Crippen LogP contribution in [0.4, 0.5) is 0 Å². The molecule has 1 nitrogen and oxygen atoms in total. The molecule has 4 atom stereocenters. The van der Waals surface area contributed by atoms with Gasteiger partial charge in [0.1, 0.15) is 0 Å². The summed E-state index contributed by atoms with van der Waals surface area (Å²) in [5.74, 6) is 9.36. The van der Waals surface area contributed by atoms with Gasteiger partial charge in [0.2, 0.25) is 0 Å². The highest BCUT2D eigenvalue weighted by molar-refractivity contribution is 5.02. The Labute approximate surface area is 153 Å². The summed E-state index contributed by atoms with van der Waals surface area (Å²) in [6, 6.07) is 0. The Bertz CT molecular complexity index is 387. The van der Waals surface area contributed by atoms with E-state index in [0.717, 1.165) is 17.8 Å². The second-order valence-corrected chi connectivity index (χ2v) is 8.03. The number of hydrogen-bond acceptors (Lipinski definition) is 1. The van der Waals surface area contributed by atoms with Crippen LogP contribution in [-0.2, 0) is 0 Å². The summed E-state index contributed by atoms with van der Waals surface area (Å²) < 4.78 is 0. The van der Waals surface area contributed by atoms with Crippen molar-refractivity contribution < 1.29 is 0 Å². The molecular formula is C23H43N. The molecule has 140 valence electrons. The molecule has 0 aromatic rings. The summed E-state index contributed by atoms with van der Waals surface area (Å²) in [5, 5.41) is 3.98. The monoisotopic (exact) mass is 333 g/mol. The quantitative estimate of drug-likeness (QED) is 0.306. The third-order valence-corrected chi connectivity index (χ3v) is 5.45. The van der Waals surface area contributed by atoms with E-state index in [1.807, 2.05) is 13.8 Å². The van der Waals surface area contributed by atoms with Gasteiger partial charge in [-0.3, -0.25) is 0 Å². The van der Waals surface area contributed by atoms with Gasteiger partial charge in [0.15, 0.2) is 0 Å². The predicted molar refractivity (Wildman–Crippen MR) is 110 cm³/mol. The predicted octanol–water partition coefficient (Wildman–Crippen LogP) is 6.45. The van der Waals surface area contributed by atoms with E-state index in [4.69, 9.17) is 0 Å². The molecule has 1 fully saturated rings. The maximum atomic E-state index is 3.98. The van der Waals surface area contributed by atoms with Crippen LogP contribution in [0.25, 0.3) is 0 Å². The maximum absolute atomic E-state index is 3.98. The van der Waals surface area contributed by atoms with Crippen molar-refractivity contribution in [1.82, 2.24) is 5.32 Å². The maximum Gasteiger partial charge on any atom is 0.0212 e. The average molecular weight is 334 g/mol. The molecule has 0 heterocycles. The van der Waals surface area contributed by atoms with Gasteiger partial charge in [-0.25, -0.2) is 0 Å². The highest BCUT2D eigenvalue weighted by atomic mass is 15.0. The van der Waals surface area contributed by atoms with Crippen LogP contribution in [0.3, 0.4) is 0 Å².